The van der Waals surface area contributed by atoms with Gasteiger partial charge in [-0.3, -0.25) is 24.6 Å². The van der Waals surface area contributed by atoms with Gasteiger partial charge in [0, 0.05) is 12.1 Å². The Hall–Kier alpha value is -3.09. The summed E-state index contributed by atoms with van der Waals surface area (Å²) < 4.78 is 13.1. The predicted octanol–water partition coefficient (Wildman–Crippen LogP) is 2.86. The maximum absolute atomic E-state index is 13.1. The van der Waals surface area contributed by atoms with Crippen molar-refractivity contribution in [1.29, 1.82) is 0 Å². The molecule has 1 heterocycles. The number of halogens is 1. The maximum Gasteiger partial charge on any atom is 0.269 e. The molecule has 2 amide bonds. The van der Waals surface area contributed by atoms with E-state index in [1.54, 1.807) is 24.3 Å². The van der Waals surface area contributed by atoms with Gasteiger partial charge in [-0.2, -0.15) is 0 Å². The minimum absolute atomic E-state index is 0.0933. The zero-order chi connectivity index (χ0) is 16.6. The highest BCUT2D eigenvalue weighted by Gasteiger charge is 2.35. The van der Waals surface area contributed by atoms with Crippen LogP contribution in [0.25, 0.3) is 0 Å². The van der Waals surface area contributed by atoms with Crippen molar-refractivity contribution >= 4 is 17.5 Å². The molecule has 0 atom stereocenters. The zero-order valence-corrected chi connectivity index (χ0v) is 11.9. The van der Waals surface area contributed by atoms with Crippen molar-refractivity contribution in [3.05, 3.63) is 74.8 Å². The Labute approximate surface area is 130 Å². The number of nitrogens with zero attached hydrogens (tertiary/aromatic N) is 2. The number of alkyl halides is 1. The van der Waals surface area contributed by atoms with E-state index in [1.165, 1.54) is 12.1 Å². The maximum atomic E-state index is 13.1. The summed E-state index contributed by atoms with van der Waals surface area (Å²) in [6.45, 7) is -1.04. The number of hydrogen-bond donors (Lipinski definition) is 0. The first-order chi connectivity index (χ1) is 11.0. The Balaban J connectivity index is 1.93. The second-order valence-electron chi connectivity index (χ2n) is 5.09. The molecular formula is C16H11FN2O4. The molecule has 6 nitrogen and oxygen atoms in total. The second-order valence-corrected chi connectivity index (χ2v) is 5.09. The van der Waals surface area contributed by atoms with Crippen molar-refractivity contribution in [3.8, 4) is 0 Å². The smallest absolute Gasteiger partial charge is 0.269 e. The van der Waals surface area contributed by atoms with E-state index in [2.05, 4.69) is 0 Å². The van der Waals surface area contributed by atoms with Crippen LogP contribution in [0.15, 0.2) is 42.5 Å². The number of nitro benzene ring substituents is 1. The van der Waals surface area contributed by atoms with E-state index >= 15 is 0 Å². The first kappa shape index (κ1) is 14.8. The summed E-state index contributed by atoms with van der Waals surface area (Å²) in [7, 11) is 0. The fourth-order valence-corrected chi connectivity index (χ4v) is 2.56. The minimum atomic E-state index is -0.916. The van der Waals surface area contributed by atoms with Gasteiger partial charge in [0.05, 0.1) is 22.6 Å². The van der Waals surface area contributed by atoms with Crippen LogP contribution >= 0.6 is 0 Å². The summed E-state index contributed by atoms with van der Waals surface area (Å²) in [5, 5.41) is 10.7. The molecule has 116 valence electrons. The highest BCUT2D eigenvalue weighted by Crippen LogP contribution is 2.26. The highest BCUT2D eigenvalue weighted by molar-refractivity contribution is 6.21. The van der Waals surface area contributed by atoms with Crippen molar-refractivity contribution in [3.63, 3.8) is 0 Å². The van der Waals surface area contributed by atoms with E-state index in [0.717, 1.165) is 11.0 Å². The van der Waals surface area contributed by atoms with Gasteiger partial charge >= 0.3 is 0 Å². The van der Waals surface area contributed by atoms with Crippen LogP contribution in [0, 0.1) is 10.1 Å². The standard InChI is InChI=1S/C16H11FN2O4/c17-8-11-7-12(19(22)23)6-5-10(11)9-18-15(20)13-3-1-2-4-14(13)16(18)21/h1-7H,8-9H2. The lowest BCUT2D eigenvalue weighted by Gasteiger charge is -2.15. The number of benzene rings is 2. The lowest BCUT2D eigenvalue weighted by atomic mass is 10.1. The molecule has 0 saturated heterocycles. The number of carbonyl (C=O) groups excluding carboxylic acids is 2. The fraction of sp³-hybridized carbons (Fsp3) is 0.125. The van der Waals surface area contributed by atoms with Crippen molar-refractivity contribution in [2.75, 3.05) is 0 Å². The van der Waals surface area contributed by atoms with Crippen LogP contribution in [0.3, 0.4) is 0 Å². The van der Waals surface area contributed by atoms with E-state index in [1.807, 2.05) is 0 Å². The average Bonchev–Trinajstić information content (AvgIpc) is 2.80. The number of hydrogen-bond acceptors (Lipinski definition) is 4. The van der Waals surface area contributed by atoms with Gasteiger partial charge in [-0.1, -0.05) is 18.2 Å². The van der Waals surface area contributed by atoms with Crippen LogP contribution in [0.5, 0.6) is 0 Å². The summed E-state index contributed by atoms with van der Waals surface area (Å²) in [6.07, 6.45) is 0. The summed E-state index contributed by atoms with van der Waals surface area (Å²) in [6, 6.07) is 10.2. The Morgan fingerprint density at radius 1 is 1.00 bits per heavy atom. The molecule has 0 saturated carbocycles. The van der Waals surface area contributed by atoms with E-state index in [4.69, 9.17) is 0 Å². The quantitative estimate of drug-likeness (QED) is 0.494. The van der Waals surface area contributed by atoms with Gasteiger partial charge in [0.2, 0.25) is 0 Å². The normalized spacial score (nSPS) is 13.3. The molecule has 1 aliphatic heterocycles. The Bertz CT molecular complexity index is 800. The third-order valence-electron chi connectivity index (χ3n) is 3.75. The molecule has 0 unspecified atom stereocenters. The van der Waals surface area contributed by atoms with E-state index < -0.39 is 23.4 Å². The molecule has 2 aromatic rings. The van der Waals surface area contributed by atoms with Crippen LogP contribution in [0.1, 0.15) is 31.8 Å². The monoisotopic (exact) mass is 314 g/mol. The Kier molecular flexibility index (Phi) is 3.61. The van der Waals surface area contributed by atoms with Crippen molar-refractivity contribution in [2.24, 2.45) is 0 Å². The van der Waals surface area contributed by atoms with Crippen LogP contribution in [-0.2, 0) is 13.2 Å². The van der Waals surface area contributed by atoms with Crippen molar-refractivity contribution in [2.45, 2.75) is 13.2 Å². The SMILES string of the molecule is O=C1c2ccccc2C(=O)N1Cc1ccc([N+](=O)[O-])cc1CF. The summed E-state index contributed by atoms with van der Waals surface area (Å²) in [5.41, 5.74) is 0.842. The molecule has 0 aliphatic carbocycles. The lowest BCUT2D eigenvalue weighted by molar-refractivity contribution is -0.384. The molecule has 0 spiro atoms. The van der Waals surface area contributed by atoms with Gasteiger partial charge < -0.3 is 0 Å². The summed E-state index contributed by atoms with van der Waals surface area (Å²) >= 11 is 0. The van der Waals surface area contributed by atoms with Crippen LogP contribution in [-0.4, -0.2) is 21.6 Å². The molecule has 0 bridgehead atoms. The molecule has 23 heavy (non-hydrogen) atoms. The molecule has 0 aromatic heterocycles. The van der Waals surface area contributed by atoms with Crippen molar-refractivity contribution in [1.82, 2.24) is 4.90 Å². The van der Waals surface area contributed by atoms with Crippen molar-refractivity contribution < 1.29 is 18.9 Å². The summed E-state index contributed by atoms with van der Waals surface area (Å²) in [4.78, 5) is 35.7. The number of carbonyl (C=O) groups is 2. The largest absolute Gasteiger partial charge is 0.270 e. The van der Waals surface area contributed by atoms with Crippen LogP contribution < -0.4 is 0 Å². The van der Waals surface area contributed by atoms with Gasteiger partial charge in [-0.25, -0.2) is 4.39 Å². The third-order valence-corrected chi connectivity index (χ3v) is 3.75. The number of rotatable bonds is 4. The number of imide groups is 1. The first-order valence-electron chi connectivity index (χ1n) is 6.80. The number of nitro groups is 1. The fourth-order valence-electron chi connectivity index (χ4n) is 2.56. The summed E-state index contributed by atoms with van der Waals surface area (Å²) in [5.74, 6) is -0.900. The molecular weight excluding hydrogens is 303 g/mol. The molecule has 0 fully saturated rings. The van der Waals surface area contributed by atoms with Gasteiger partial charge in [0.25, 0.3) is 17.5 Å². The molecule has 2 aromatic carbocycles. The molecule has 0 N–H and O–H groups in total. The topological polar surface area (TPSA) is 80.5 Å². The van der Waals surface area contributed by atoms with Gasteiger partial charge in [0.1, 0.15) is 6.67 Å². The zero-order valence-electron chi connectivity index (χ0n) is 11.9. The van der Waals surface area contributed by atoms with Gasteiger partial charge in [0.15, 0.2) is 0 Å². The lowest BCUT2D eigenvalue weighted by Crippen LogP contribution is -2.29. The van der Waals surface area contributed by atoms with E-state index in [0.29, 0.717) is 16.7 Å². The van der Waals surface area contributed by atoms with Gasteiger partial charge in [-0.15, -0.1) is 0 Å². The molecule has 1 aliphatic rings. The second kappa shape index (κ2) is 5.60. The number of amides is 2. The van der Waals surface area contributed by atoms with E-state index in [9.17, 15) is 24.1 Å². The number of non-ortho nitro benzene ring substituents is 1. The highest BCUT2D eigenvalue weighted by atomic mass is 19.1. The molecule has 3 rings (SSSR count). The average molecular weight is 314 g/mol. The first-order valence-corrected chi connectivity index (χ1v) is 6.80. The van der Waals surface area contributed by atoms with E-state index in [-0.39, 0.29) is 17.8 Å². The molecule has 7 heteroatoms. The minimum Gasteiger partial charge on any atom is -0.270 e. The third kappa shape index (κ3) is 2.46. The van der Waals surface area contributed by atoms with Crippen LogP contribution in [0.2, 0.25) is 0 Å². The number of fused-ring (bicyclic) bond motifs is 1. The van der Waals surface area contributed by atoms with Gasteiger partial charge in [-0.05, 0) is 23.3 Å². The molecule has 0 radical (unpaired) electrons. The van der Waals surface area contributed by atoms with Crippen LogP contribution in [0.4, 0.5) is 10.1 Å². The predicted molar refractivity (Wildman–Crippen MR) is 78.6 cm³/mol. The Morgan fingerprint density at radius 2 is 1.61 bits per heavy atom. The Morgan fingerprint density at radius 3 is 2.13 bits per heavy atom.